The molecule has 0 radical (unpaired) electrons. The normalized spacial score (nSPS) is 10.2. The summed E-state index contributed by atoms with van der Waals surface area (Å²) in [5.74, 6) is -0.162. The van der Waals surface area contributed by atoms with Crippen LogP contribution in [0, 0.1) is 0 Å². The van der Waals surface area contributed by atoms with E-state index in [0.717, 1.165) is 13.0 Å². The Hall–Kier alpha value is -2.66. The monoisotopic (exact) mass is 325 g/mol. The summed E-state index contributed by atoms with van der Waals surface area (Å²) in [4.78, 5) is 25.2. The van der Waals surface area contributed by atoms with Crippen molar-refractivity contribution in [2.45, 2.75) is 6.42 Å². The molecule has 0 atom stereocenters. The van der Waals surface area contributed by atoms with Gasteiger partial charge in [0.1, 0.15) is 0 Å². The Morgan fingerprint density at radius 1 is 0.958 bits per heavy atom. The van der Waals surface area contributed by atoms with Gasteiger partial charge < -0.3 is 15.5 Å². The summed E-state index contributed by atoms with van der Waals surface area (Å²) >= 11 is 0. The molecule has 5 nitrogen and oxygen atoms in total. The van der Waals surface area contributed by atoms with Crippen LogP contribution in [0.15, 0.2) is 54.6 Å². The Morgan fingerprint density at radius 2 is 1.62 bits per heavy atom. The molecule has 0 unspecified atom stereocenters. The smallest absolute Gasteiger partial charge is 0.253 e. The fourth-order valence-corrected chi connectivity index (χ4v) is 2.24. The van der Waals surface area contributed by atoms with Gasteiger partial charge in [-0.15, -0.1) is 0 Å². The van der Waals surface area contributed by atoms with Gasteiger partial charge in [-0.2, -0.15) is 0 Å². The number of hydrogen-bond acceptors (Lipinski definition) is 3. The average Bonchev–Trinajstić information content (AvgIpc) is 2.59. The first kappa shape index (κ1) is 17.7. The molecular weight excluding hydrogens is 302 g/mol. The highest BCUT2D eigenvalue weighted by Crippen LogP contribution is 2.10. The third kappa shape index (κ3) is 5.52. The van der Waals surface area contributed by atoms with Gasteiger partial charge in [-0.05, 0) is 42.8 Å². The van der Waals surface area contributed by atoms with Crippen molar-refractivity contribution in [3.63, 3.8) is 0 Å². The van der Waals surface area contributed by atoms with Crippen molar-refractivity contribution in [1.29, 1.82) is 0 Å². The van der Waals surface area contributed by atoms with Crippen molar-refractivity contribution in [3.05, 3.63) is 65.7 Å². The predicted octanol–water partition coefficient (Wildman–Crippen LogP) is 2.16. The van der Waals surface area contributed by atoms with Crippen LogP contribution in [-0.4, -0.2) is 43.9 Å². The van der Waals surface area contributed by atoms with Crippen LogP contribution >= 0.6 is 0 Å². The third-order valence-electron chi connectivity index (χ3n) is 3.54. The Bertz CT molecular complexity index is 667. The average molecular weight is 325 g/mol. The molecule has 2 N–H and O–H groups in total. The van der Waals surface area contributed by atoms with Gasteiger partial charge in [-0.25, -0.2) is 0 Å². The molecule has 0 aliphatic rings. The number of carbonyl (C=O) groups excluding carboxylic acids is 2. The minimum atomic E-state index is -0.102. The fraction of sp³-hybridized carbons (Fsp3) is 0.263. The fourth-order valence-electron chi connectivity index (χ4n) is 2.24. The standard InChI is InChI=1S/C19H23N3O2/c1-22(2)19(24)16-8-10-17(11-9-16)21-18(23)14-20-13-12-15-6-4-3-5-7-15/h3-11,20H,12-14H2,1-2H3,(H,21,23). The molecule has 0 fully saturated rings. The molecule has 0 saturated heterocycles. The molecule has 0 heterocycles. The highest BCUT2D eigenvalue weighted by Gasteiger charge is 2.08. The van der Waals surface area contributed by atoms with Crippen molar-refractivity contribution in [1.82, 2.24) is 10.2 Å². The minimum absolute atomic E-state index is 0.0598. The summed E-state index contributed by atoms with van der Waals surface area (Å²) in [6.07, 6.45) is 0.884. The van der Waals surface area contributed by atoms with Crippen molar-refractivity contribution >= 4 is 17.5 Å². The van der Waals surface area contributed by atoms with Crippen LogP contribution in [0.1, 0.15) is 15.9 Å². The van der Waals surface area contributed by atoms with E-state index in [9.17, 15) is 9.59 Å². The Balaban J connectivity index is 1.73. The molecule has 0 bridgehead atoms. The first-order chi connectivity index (χ1) is 11.6. The van der Waals surface area contributed by atoms with Crippen molar-refractivity contribution in [3.8, 4) is 0 Å². The second-order valence-corrected chi connectivity index (χ2v) is 5.74. The summed E-state index contributed by atoms with van der Waals surface area (Å²) in [5, 5.41) is 5.94. The van der Waals surface area contributed by atoms with E-state index in [1.54, 1.807) is 38.4 Å². The SMILES string of the molecule is CN(C)C(=O)c1ccc(NC(=O)CNCCc2ccccc2)cc1. The number of hydrogen-bond donors (Lipinski definition) is 2. The lowest BCUT2D eigenvalue weighted by Crippen LogP contribution is -2.29. The molecule has 0 aromatic heterocycles. The first-order valence-corrected chi connectivity index (χ1v) is 7.92. The summed E-state index contributed by atoms with van der Waals surface area (Å²) in [6.45, 7) is 0.999. The zero-order valence-electron chi connectivity index (χ0n) is 14.1. The molecule has 2 amide bonds. The highest BCUT2D eigenvalue weighted by atomic mass is 16.2. The summed E-state index contributed by atoms with van der Waals surface area (Å²) in [6, 6.07) is 17.0. The maximum atomic E-state index is 11.9. The molecule has 0 spiro atoms. The molecule has 5 heteroatoms. The molecule has 24 heavy (non-hydrogen) atoms. The summed E-state index contributed by atoms with van der Waals surface area (Å²) in [5.41, 5.74) is 2.52. The van der Waals surface area contributed by atoms with E-state index in [2.05, 4.69) is 22.8 Å². The van der Waals surface area contributed by atoms with Crippen LogP contribution in [-0.2, 0) is 11.2 Å². The minimum Gasteiger partial charge on any atom is -0.345 e. The van der Waals surface area contributed by atoms with Crippen LogP contribution in [0.5, 0.6) is 0 Å². The number of nitrogens with zero attached hydrogens (tertiary/aromatic N) is 1. The molecule has 2 aromatic carbocycles. The third-order valence-corrected chi connectivity index (χ3v) is 3.54. The number of rotatable bonds is 7. The predicted molar refractivity (Wildman–Crippen MR) is 96.1 cm³/mol. The summed E-state index contributed by atoms with van der Waals surface area (Å²) in [7, 11) is 3.41. The van der Waals surface area contributed by atoms with E-state index in [1.807, 2.05) is 18.2 Å². The Labute approximate surface area is 142 Å². The molecular formula is C19H23N3O2. The van der Waals surface area contributed by atoms with E-state index >= 15 is 0 Å². The number of amides is 2. The van der Waals surface area contributed by atoms with Crippen LogP contribution in [0.25, 0.3) is 0 Å². The Kier molecular flexibility index (Phi) is 6.51. The van der Waals surface area contributed by atoms with Crippen LogP contribution in [0.2, 0.25) is 0 Å². The lowest BCUT2D eigenvalue weighted by atomic mass is 10.1. The lowest BCUT2D eigenvalue weighted by Gasteiger charge is -2.11. The van der Waals surface area contributed by atoms with Gasteiger partial charge >= 0.3 is 0 Å². The number of benzene rings is 2. The number of anilines is 1. The topological polar surface area (TPSA) is 61.4 Å². The van der Waals surface area contributed by atoms with Crippen LogP contribution in [0.4, 0.5) is 5.69 Å². The number of nitrogens with one attached hydrogen (secondary N) is 2. The Morgan fingerprint density at radius 3 is 2.25 bits per heavy atom. The first-order valence-electron chi connectivity index (χ1n) is 7.92. The molecule has 2 rings (SSSR count). The van der Waals surface area contributed by atoms with Crippen LogP contribution in [0.3, 0.4) is 0 Å². The van der Waals surface area contributed by atoms with Gasteiger partial charge in [0.25, 0.3) is 5.91 Å². The van der Waals surface area contributed by atoms with Crippen molar-refractivity contribution in [2.75, 3.05) is 32.5 Å². The molecule has 126 valence electrons. The zero-order valence-corrected chi connectivity index (χ0v) is 14.1. The molecule has 0 saturated carbocycles. The van der Waals surface area contributed by atoms with Crippen molar-refractivity contribution in [2.24, 2.45) is 0 Å². The van der Waals surface area contributed by atoms with E-state index < -0.39 is 0 Å². The maximum absolute atomic E-state index is 11.9. The maximum Gasteiger partial charge on any atom is 0.253 e. The second-order valence-electron chi connectivity index (χ2n) is 5.74. The lowest BCUT2D eigenvalue weighted by molar-refractivity contribution is -0.115. The molecule has 0 aliphatic heterocycles. The van der Waals surface area contributed by atoms with Crippen LogP contribution < -0.4 is 10.6 Å². The zero-order chi connectivity index (χ0) is 17.4. The molecule has 0 aliphatic carbocycles. The van der Waals surface area contributed by atoms with Gasteiger partial charge in [-0.3, -0.25) is 9.59 Å². The molecule has 2 aromatic rings. The second kappa shape index (κ2) is 8.84. The summed E-state index contributed by atoms with van der Waals surface area (Å²) < 4.78 is 0. The van der Waals surface area contributed by atoms with Gasteiger partial charge in [0.2, 0.25) is 5.91 Å². The van der Waals surface area contributed by atoms with Gasteiger partial charge in [0.05, 0.1) is 6.54 Å². The van der Waals surface area contributed by atoms with E-state index in [-0.39, 0.29) is 18.4 Å². The van der Waals surface area contributed by atoms with Gasteiger partial charge in [-0.1, -0.05) is 30.3 Å². The quantitative estimate of drug-likeness (QED) is 0.767. The largest absolute Gasteiger partial charge is 0.345 e. The van der Waals surface area contributed by atoms with Gasteiger partial charge in [0, 0.05) is 25.3 Å². The van der Waals surface area contributed by atoms with E-state index in [0.29, 0.717) is 11.3 Å². The van der Waals surface area contributed by atoms with E-state index in [1.165, 1.54) is 10.5 Å². The highest BCUT2D eigenvalue weighted by molar-refractivity contribution is 5.95. The number of carbonyl (C=O) groups is 2. The van der Waals surface area contributed by atoms with E-state index in [4.69, 9.17) is 0 Å². The van der Waals surface area contributed by atoms with Crippen molar-refractivity contribution < 1.29 is 9.59 Å². The van der Waals surface area contributed by atoms with Gasteiger partial charge in [0.15, 0.2) is 0 Å².